The zero-order valence-electron chi connectivity index (χ0n) is 13.4. The fourth-order valence-corrected chi connectivity index (χ4v) is 3.06. The van der Waals surface area contributed by atoms with Crippen molar-refractivity contribution in [2.45, 2.75) is 19.8 Å². The number of benzene rings is 1. The van der Waals surface area contributed by atoms with Gasteiger partial charge in [-0.05, 0) is 42.2 Å². The molecule has 1 saturated heterocycles. The van der Waals surface area contributed by atoms with Gasteiger partial charge in [-0.25, -0.2) is 9.59 Å². The van der Waals surface area contributed by atoms with Crippen molar-refractivity contribution in [3.63, 3.8) is 0 Å². The van der Waals surface area contributed by atoms with Crippen LogP contribution < -0.4 is 10.2 Å². The third-order valence-corrected chi connectivity index (χ3v) is 4.39. The Labute approximate surface area is 139 Å². The molecule has 0 radical (unpaired) electrons. The van der Waals surface area contributed by atoms with Crippen LogP contribution in [0.4, 0.5) is 15.3 Å². The van der Waals surface area contributed by atoms with Gasteiger partial charge in [-0.15, -0.1) is 0 Å². The fraction of sp³-hybridized carbons (Fsp3) is 0.353. The summed E-state index contributed by atoms with van der Waals surface area (Å²) >= 11 is 0. The summed E-state index contributed by atoms with van der Waals surface area (Å²) in [7, 11) is 0. The number of hydrogen-bond donors (Lipinski definition) is 2. The maximum atomic E-state index is 12.0. The van der Waals surface area contributed by atoms with E-state index in [4.69, 9.17) is 5.11 Å². The SMILES string of the molecule is Cc1cc(C2=CCN(C(=O)O)CC2)ccc1N1CCC(=O)NC1=O. The number of aryl methyl sites for hydroxylation is 1. The number of nitrogens with one attached hydrogen (secondary N) is 1. The molecule has 0 spiro atoms. The van der Waals surface area contributed by atoms with Crippen LogP contribution in [0, 0.1) is 6.92 Å². The summed E-state index contributed by atoms with van der Waals surface area (Å²) < 4.78 is 0. The number of anilines is 1. The lowest BCUT2D eigenvalue weighted by atomic mass is 9.97. The quantitative estimate of drug-likeness (QED) is 0.870. The Hall–Kier alpha value is -2.83. The molecule has 4 amide bonds. The predicted octanol–water partition coefficient (Wildman–Crippen LogP) is 2.21. The minimum atomic E-state index is -0.900. The van der Waals surface area contributed by atoms with E-state index in [0.29, 0.717) is 32.5 Å². The van der Waals surface area contributed by atoms with Crippen molar-refractivity contribution in [3.8, 4) is 0 Å². The predicted molar refractivity (Wildman–Crippen MR) is 88.9 cm³/mol. The molecule has 2 aliphatic heterocycles. The van der Waals surface area contributed by atoms with Crippen LogP contribution in [0.2, 0.25) is 0 Å². The van der Waals surface area contributed by atoms with Gasteiger partial charge in [-0.2, -0.15) is 0 Å². The van der Waals surface area contributed by atoms with Gasteiger partial charge >= 0.3 is 12.1 Å². The van der Waals surface area contributed by atoms with Gasteiger partial charge in [0, 0.05) is 31.7 Å². The third-order valence-electron chi connectivity index (χ3n) is 4.39. The van der Waals surface area contributed by atoms with Crippen molar-refractivity contribution in [1.82, 2.24) is 10.2 Å². The molecule has 1 fully saturated rings. The number of hydrogen-bond acceptors (Lipinski definition) is 3. The number of nitrogens with zero attached hydrogens (tertiary/aromatic N) is 2. The van der Waals surface area contributed by atoms with Gasteiger partial charge in [0.2, 0.25) is 5.91 Å². The second-order valence-corrected chi connectivity index (χ2v) is 5.96. The number of urea groups is 1. The first kappa shape index (κ1) is 16.0. The molecule has 1 aromatic rings. The first-order valence-electron chi connectivity index (χ1n) is 7.85. The van der Waals surface area contributed by atoms with Gasteiger partial charge < -0.3 is 10.0 Å². The molecule has 0 aliphatic carbocycles. The lowest BCUT2D eigenvalue weighted by Gasteiger charge is -2.28. The van der Waals surface area contributed by atoms with Crippen LogP contribution in [0.1, 0.15) is 24.0 Å². The van der Waals surface area contributed by atoms with Gasteiger partial charge in [0.25, 0.3) is 0 Å². The van der Waals surface area contributed by atoms with Gasteiger partial charge in [-0.3, -0.25) is 15.0 Å². The van der Waals surface area contributed by atoms with Crippen LogP contribution in [0.25, 0.3) is 5.57 Å². The monoisotopic (exact) mass is 329 g/mol. The molecule has 3 rings (SSSR count). The minimum absolute atomic E-state index is 0.249. The van der Waals surface area contributed by atoms with E-state index in [1.807, 2.05) is 31.2 Å². The molecule has 24 heavy (non-hydrogen) atoms. The largest absolute Gasteiger partial charge is 0.465 e. The molecule has 0 saturated carbocycles. The van der Waals surface area contributed by atoms with E-state index in [9.17, 15) is 14.4 Å². The topological polar surface area (TPSA) is 90.0 Å². The van der Waals surface area contributed by atoms with Gasteiger partial charge in [0.1, 0.15) is 0 Å². The number of imide groups is 1. The molecule has 0 unspecified atom stereocenters. The summed E-state index contributed by atoms with van der Waals surface area (Å²) in [6.45, 7) is 3.18. The smallest absolute Gasteiger partial charge is 0.407 e. The summed E-state index contributed by atoms with van der Waals surface area (Å²) in [6, 6.07) is 5.43. The lowest BCUT2D eigenvalue weighted by Crippen LogP contribution is -2.49. The molecule has 1 aromatic carbocycles. The first-order valence-corrected chi connectivity index (χ1v) is 7.85. The second-order valence-electron chi connectivity index (χ2n) is 5.96. The van der Waals surface area contributed by atoms with Gasteiger partial charge in [0.05, 0.1) is 0 Å². The lowest BCUT2D eigenvalue weighted by molar-refractivity contribution is -0.120. The van der Waals surface area contributed by atoms with Crippen LogP contribution in [0.3, 0.4) is 0 Å². The zero-order chi connectivity index (χ0) is 17.3. The minimum Gasteiger partial charge on any atom is -0.465 e. The van der Waals surface area contributed by atoms with Crippen molar-refractivity contribution in [3.05, 3.63) is 35.4 Å². The molecule has 2 heterocycles. The summed E-state index contributed by atoms with van der Waals surface area (Å²) in [5.74, 6) is -0.249. The molecule has 0 bridgehead atoms. The Morgan fingerprint density at radius 3 is 2.58 bits per heavy atom. The number of amides is 4. The standard InChI is InChI=1S/C17H19N3O4/c1-11-10-13(12-4-7-19(8-5-12)17(23)24)2-3-14(11)20-9-6-15(21)18-16(20)22/h2-4,10H,5-9H2,1H3,(H,23,24)(H,18,21,22). The molecule has 7 nitrogen and oxygen atoms in total. The van der Waals surface area contributed by atoms with Crippen LogP contribution in [-0.2, 0) is 4.79 Å². The van der Waals surface area contributed by atoms with Crippen molar-refractivity contribution in [2.24, 2.45) is 0 Å². The summed E-state index contributed by atoms with van der Waals surface area (Å²) in [4.78, 5) is 37.1. The highest BCUT2D eigenvalue weighted by molar-refractivity contribution is 6.06. The molecular formula is C17H19N3O4. The Morgan fingerprint density at radius 2 is 2.00 bits per heavy atom. The number of carbonyl (C=O) groups is 3. The normalized spacial score (nSPS) is 18.3. The van der Waals surface area contributed by atoms with E-state index in [1.165, 1.54) is 4.90 Å². The van der Waals surface area contributed by atoms with Crippen molar-refractivity contribution < 1.29 is 19.5 Å². The zero-order valence-corrected chi connectivity index (χ0v) is 13.4. The van der Waals surface area contributed by atoms with Crippen LogP contribution in [0.15, 0.2) is 24.3 Å². The first-order chi connectivity index (χ1) is 11.5. The molecule has 0 atom stereocenters. The summed E-state index contributed by atoms with van der Waals surface area (Å²) in [5, 5.41) is 11.3. The highest BCUT2D eigenvalue weighted by atomic mass is 16.4. The maximum absolute atomic E-state index is 12.0. The number of carboxylic acid groups (broad SMARTS) is 1. The number of rotatable bonds is 2. The van der Waals surface area contributed by atoms with E-state index in [2.05, 4.69) is 5.32 Å². The summed E-state index contributed by atoms with van der Waals surface area (Å²) in [5.41, 5.74) is 3.88. The van der Waals surface area contributed by atoms with Crippen LogP contribution in [0.5, 0.6) is 0 Å². The third kappa shape index (κ3) is 3.10. The van der Waals surface area contributed by atoms with E-state index < -0.39 is 12.1 Å². The Bertz CT molecular complexity index is 741. The van der Waals surface area contributed by atoms with E-state index in [-0.39, 0.29) is 5.91 Å². The Balaban J connectivity index is 1.79. The molecule has 126 valence electrons. The molecule has 7 heteroatoms. The Morgan fingerprint density at radius 1 is 1.21 bits per heavy atom. The van der Waals surface area contributed by atoms with Crippen molar-refractivity contribution in [1.29, 1.82) is 0 Å². The Kier molecular flexibility index (Phi) is 4.24. The molecule has 2 N–H and O–H groups in total. The average molecular weight is 329 g/mol. The van der Waals surface area contributed by atoms with Crippen molar-refractivity contribution in [2.75, 3.05) is 24.5 Å². The summed E-state index contributed by atoms with van der Waals surface area (Å²) in [6.07, 6.45) is 1.99. The average Bonchev–Trinajstić information content (AvgIpc) is 2.55. The molecule has 0 aromatic heterocycles. The maximum Gasteiger partial charge on any atom is 0.407 e. The van der Waals surface area contributed by atoms with E-state index in [0.717, 1.165) is 22.4 Å². The van der Waals surface area contributed by atoms with Crippen LogP contribution in [-0.4, -0.2) is 47.7 Å². The van der Waals surface area contributed by atoms with Gasteiger partial charge in [0.15, 0.2) is 0 Å². The van der Waals surface area contributed by atoms with E-state index >= 15 is 0 Å². The van der Waals surface area contributed by atoms with E-state index in [1.54, 1.807) is 4.90 Å². The fourth-order valence-electron chi connectivity index (χ4n) is 3.06. The second kappa shape index (κ2) is 6.35. The molecular weight excluding hydrogens is 310 g/mol. The number of carbonyl (C=O) groups excluding carboxylic acids is 2. The molecule has 2 aliphatic rings. The van der Waals surface area contributed by atoms with Crippen molar-refractivity contribution >= 4 is 29.3 Å². The van der Waals surface area contributed by atoms with Crippen LogP contribution >= 0.6 is 0 Å². The van der Waals surface area contributed by atoms with Gasteiger partial charge in [-0.1, -0.05) is 12.1 Å². The highest BCUT2D eigenvalue weighted by Gasteiger charge is 2.25. The highest BCUT2D eigenvalue weighted by Crippen LogP contribution is 2.28.